The summed E-state index contributed by atoms with van der Waals surface area (Å²) in [5, 5.41) is 3.23. The van der Waals surface area contributed by atoms with E-state index in [-0.39, 0.29) is 17.5 Å². The molecule has 2 aliphatic heterocycles. The zero-order valence-electron chi connectivity index (χ0n) is 11.9. The number of nitrogens with zero attached hydrogens (tertiary/aromatic N) is 1. The van der Waals surface area contributed by atoms with Gasteiger partial charge in [0.2, 0.25) is 0 Å². The Morgan fingerprint density at radius 3 is 2.74 bits per heavy atom. The first kappa shape index (κ1) is 13.2. The van der Waals surface area contributed by atoms with E-state index in [1.807, 2.05) is 4.90 Å². The maximum absolute atomic E-state index is 12.3. The van der Waals surface area contributed by atoms with Crippen LogP contribution in [0.1, 0.15) is 26.7 Å². The van der Waals surface area contributed by atoms with E-state index in [0.29, 0.717) is 38.3 Å². The van der Waals surface area contributed by atoms with Crippen molar-refractivity contribution >= 4 is 6.03 Å². The third-order valence-electron chi connectivity index (χ3n) is 4.91. The number of morpholine rings is 1. The molecular weight excluding hydrogens is 244 g/mol. The highest BCUT2D eigenvalue weighted by Gasteiger charge is 2.58. The summed E-state index contributed by atoms with van der Waals surface area (Å²) in [4.78, 5) is 14.1. The highest BCUT2D eigenvalue weighted by Crippen LogP contribution is 2.51. The average Bonchev–Trinajstić information content (AvgIpc) is 2.45. The van der Waals surface area contributed by atoms with Crippen LogP contribution in [0.2, 0.25) is 0 Å². The first-order chi connectivity index (χ1) is 9.10. The third-order valence-corrected chi connectivity index (χ3v) is 4.91. The van der Waals surface area contributed by atoms with Crippen LogP contribution in [-0.4, -0.2) is 56.0 Å². The Bertz CT molecular complexity index is 353. The Labute approximate surface area is 114 Å². The van der Waals surface area contributed by atoms with Gasteiger partial charge in [0.1, 0.15) is 0 Å². The summed E-state index contributed by atoms with van der Waals surface area (Å²) in [5.41, 5.74) is 0.0486. The van der Waals surface area contributed by atoms with Crippen molar-refractivity contribution in [1.82, 2.24) is 10.2 Å². The molecule has 0 bridgehead atoms. The van der Waals surface area contributed by atoms with Gasteiger partial charge < -0.3 is 19.7 Å². The van der Waals surface area contributed by atoms with E-state index in [1.54, 1.807) is 0 Å². The molecule has 108 valence electrons. The van der Waals surface area contributed by atoms with Crippen molar-refractivity contribution in [3.63, 3.8) is 0 Å². The van der Waals surface area contributed by atoms with Crippen molar-refractivity contribution in [2.75, 3.05) is 32.9 Å². The first-order valence-electron chi connectivity index (χ1n) is 7.35. The van der Waals surface area contributed by atoms with E-state index in [2.05, 4.69) is 19.2 Å². The van der Waals surface area contributed by atoms with Gasteiger partial charge in [-0.05, 0) is 12.8 Å². The van der Waals surface area contributed by atoms with Crippen molar-refractivity contribution in [3.8, 4) is 0 Å². The second kappa shape index (κ2) is 4.94. The fraction of sp³-hybridized carbons (Fsp3) is 0.929. The van der Waals surface area contributed by atoms with Crippen molar-refractivity contribution in [2.45, 2.75) is 38.8 Å². The Morgan fingerprint density at radius 2 is 2.00 bits per heavy atom. The molecule has 3 fully saturated rings. The SMILES string of the molecule is CC1(C)C(NC(=O)N2CCOCC2)C2CCCOC21. The lowest BCUT2D eigenvalue weighted by atomic mass is 9.55. The third kappa shape index (κ3) is 2.23. The standard InChI is InChI=1S/C14H24N2O3/c1-14(2)11(10-4-3-7-19-12(10)14)15-13(17)16-5-8-18-9-6-16/h10-12H,3-9H2,1-2H3,(H,15,17). The van der Waals surface area contributed by atoms with Gasteiger partial charge in [0.05, 0.1) is 19.3 Å². The molecule has 2 heterocycles. The average molecular weight is 268 g/mol. The van der Waals surface area contributed by atoms with Gasteiger partial charge in [-0.25, -0.2) is 4.79 Å². The van der Waals surface area contributed by atoms with Crippen molar-refractivity contribution in [1.29, 1.82) is 0 Å². The maximum atomic E-state index is 12.3. The van der Waals surface area contributed by atoms with Crippen molar-refractivity contribution < 1.29 is 14.3 Å². The molecule has 0 aromatic rings. The lowest BCUT2D eigenvalue weighted by molar-refractivity contribution is -0.189. The molecule has 3 rings (SSSR count). The molecule has 1 N–H and O–H groups in total. The van der Waals surface area contributed by atoms with Crippen LogP contribution in [0, 0.1) is 11.3 Å². The van der Waals surface area contributed by atoms with E-state index in [1.165, 1.54) is 6.42 Å². The number of fused-ring (bicyclic) bond motifs is 1. The number of carbonyl (C=O) groups excluding carboxylic acids is 1. The molecule has 2 saturated heterocycles. The monoisotopic (exact) mass is 268 g/mol. The lowest BCUT2D eigenvalue weighted by Gasteiger charge is -2.60. The molecule has 3 atom stereocenters. The van der Waals surface area contributed by atoms with E-state index < -0.39 is 0 Å². The number of urea groups is 1. The Kier molecular flexibility index (Phi) is 3.43. The van der Waals surface area contributed by atoms with Gasteiger partial charge in [-0.1, -0.05) is 13.8 Å². The molecule has 0 aromatic carbocycles. The number of hydrogen-bond acceptors (Lipinski definition) is 3. The number of hydrogen-bond donors (Lipinski definition) is 1. The van der Waals surface area contributed by atoms with E-state index in [9.17, 15) is 4.79 Å². The molecule has 0 aromatic heterocycles. The van der Waals surface area contributed by atoms with Gasteiger partial charge in [-0.15, -0.1) is 0 Å². The van der Waals surface area contributed by atoms with Crippen LogP contribution in [0.4, 0.5) is 4.79 Å². The summed E-state index contributed by atoms with van der Waals surface area (Å²) in [6.45, 7) is 7.96. The fourth-order valence-corrected chi connectivity index (χ4v) is 3.81. The van der Waals surface area contributed by atoms with Crippen molar-refractivity contribution in [2.24, 2.45) is 11.3 Å². The highest BCUT2D eigenvalue weighted by atomic mass is 16.5. The molecule has 5 nitrogen and oxygen atoms in total. The molecular formula is C14H24N2O3. The quantitative estimate of drug-likeness (QED) is 0.778. The molecule has 1 aliphatic carbocycles. The first-order valence-corrected chi connectivity index (χ1v) is 7.35. The maximum Gasteiger partial charge on any atom is 0.317 e. The van der Waals surface area contributed by atoms with Crippen LogP contribution in [0.25, 0.3) is 0 Å². The molecule has 19 heavy (non-hydrogen) atoms. The van der Waals surface area contributed by atoms with Gasteiger partial charge in [-0.3, -0.25) is 0 Å². The zero-order chi connectivity index (χ0) is 13.5. The molecule has 3 aliphatic rings. The van der Waals surface area contributed by atoms with E-state index >= 15 is 0 Å². The molecule has 0 radical (unpaired) electrons. The van der Waals surface area contributed by atoms with Gasteiger partial charge in [-0.2, -0.15) is 0 Å². The number of carbonyl (C=O) groups is 1. The lowest BCUT2D eigenvalue weighted by Crippen LogP contribution is -2.71. The highest BCUT2D eigenvalue weighted by molar-refractivity contribution is 5.75. The molecule has 3 unspecified atom stereocenters. The summed E-state index contributed by atoms with van der Waals surface area (Å²) in [6, 6.07) is 0.304. The van der Waals surface area contributed by atoms with Crippen LogP contribution in [0.3, 0.4) is 0 Å². The molecule has 2 amide bonds. The van der Waals surface area contributed by atoms with Gasteiger partial charge in [0, 0.05) is 37.1 Å². The van der Waals surface area contributed by atoms with Crippen LogP contribution >= 0.6 is 0 Å². The molecule has 5 heteroatoms. The summed E-state index contributed by atoms with van der Waals surface area (Å²) in [7, 11) is 0. The number of rotatable bonds is 1. The van der Waals surface area contributed by atoms with E-state index in [0.717, 1.165) is 13.0 Å². The number of ether oxygens (including phenoxy) is 2. The minimum absolute atomic E-state index is 0.0486. The Morgan fingerprint density at radius 1 is 1.26 bits per heavy atom. The predicted octanol–water partition coefficient (Wildman–Crippen LogP) is 1.23. The number of amides is 2. The topological polar surface area (TPSA) is 50.8 Å². The van der Waals surface area contributed by atoms with Crippen LogP contribution < -0.4 is 5.32 Å². The Hall–Kier alpha value is -0.810. The summed E-state index contributed by atoms with van der Waals surface area (Å²) >= 11 is 0. The molecule has 0 spiro atoms. The second-order valence-corrected chi connectivity index (χ2v) is 6.45. The minimum Gasteiger partial charge on any atom is -0.378 e. The number of nitrogens with one attached hydrogen (secondary N) is 1. The summed E-state index contributed by atoms with van der Waals surface area (Å²) in [6.07, 6.45) is 2.60. The van der Waals surface area contributed by atoms with Crippen molar-refractivity contribution in [3.05, 3.63) is 0 Å². The van der Waals surface area contributed by atoms with Crippen LogP contribution in [0.15, 0.2) is 0 Å². The predicted molar refractivity (Wildman–Crippen MR) is 71.0 cm³/mol. The smallest absolute Gasteiger partial charge is 0.317 e. The largest absolute Gasteiger partial charge is 0.378 e. The second-order valence-electron chi connectivity index (χ2n) is 6.45. The van der Waals surface area contributed by atoms with Gasteiger partial charge in [0.25, 0.3) is 0 Å². The zero-order valence-corrected chi connectivity index (χ0v) is 11.9. The normalized spacial score (nSPS) is 37.2. The van der Waals surface area contributed by atoms with Gasteiger partial charge in [0.15, 0.2) is 0 Å². The Balaban J connectivity index is 1.61. The fourth-order valence-electron chi connectivity index (χ4n) is 3.81. The summed E-state index contributed by atoms with van der Waals surface area (Å²) < 4.78 is 11.1. The van der Waals surface area contributed by atoms with Crippen LogP contribution in [0.5, 0.6) is 0 Å². The minimum atomic E-state index is 0.0486. The van der Waals surface area contributed by atoms with Crippen LogP contribution in [-0.2, 0) is 9.47 Å². The summed E-state index contributed by atoms with van der Waals surface area (Å²) in [5.74, 6) is 0.494. The molecule has 1 saturated carbocycles. The van der Waals surface area contributed by atoms with E-state index in [4.69, 9.17) is 9.47 Å². The van der Waals surface area contributed by atoms with Gasteiger partial charge >= 0.3 is 6.03 Å².